The lowest BCUT2D eigenvalue weighted by molar-refractivity contribution is 0.208. The van der Waals surface area contributed by atoms with Crippen LogP contribution >= 0.6 is 0 Å². The zero-order valence-electron chi connectivity index (χ0n) is 19.0. The molecule has 0 amide bonds. The molecule has 0 saturated heterocycles. The second-order valence-electron chi connectivity index (χ2n) is 6.96. The molecule has 0 aromatic carbocycles. The van der Waals surface area contributed by atoms with Gasteiger partial charge in [0.25, 0.3) is 0 Å². The molecule has 0 spiro atoms. The first-order chi connectivity index (χ1) is 14.8. The van der Waals surface area contributed by atoms with Gasteiger partial charge < -0.3 is 4.74 Å². The van der Waals surface area contributed by atoms with E-state index < -0.39 is 23.2 Å². The quantitative estimate of drug-likeness (QED) is 0.193. The van der Waals surface area contributed by atoms with Crippen LogP contribution in [0.1, 0.15) is 20.3 Å². The van der Waals surface area contributed by atoms with Crippen LogP contribution in [0.15, 0.2) is 145 Å². The van der Waals surface area contributed by atoms with Gasteiger partial charge in [-0.2, -0.15) is 4.39 Å². The number of halogens is 3. The monoisotopic (exact) mass is 440 g/mol. The number of hydrogen-bond acceptors (Lipinski definition) is 1. The molecule has 0 aliphatic carbocycles. The largest absolute Gasteiger partial charge is 0.491 e. The summed E-state index contributed by atoms with van der Waals surface area (Å²) in [6, 6.07) is 0. The third-order valence-corrected chi connectivity index (χ3v) is 4.01. The molecule has 32 heavy (non-hydrogen) atoms. The zero-order valence-corrected chi connectivity index (χ0v) is 19.0. The van der Waals surface area contributed by atoms with E-state index in [1.54, 1.807) is 19.1 Å². The molecule has 0 aromatic heterocycles. The van der Waals surface area contributed by atoms with Gasteiger partial charge in [-0.25, -0.2) is 8.78 Å². The maximum absolute atomic E-state index is 14.4. The lowest BCUT2D eigenvalue weighted by Gasteiger charge is -2.09. The van der Waals surface area contributed by atoms with Crippen molar-refractivity contribution in [3.63, 3.8) is 0 Å². The van der Waals surface area contributed by atoms with Crippen molar-refractivity contribution >= 4 is 0 Å². The molecule has 0 aliphatic heterocycles. The summed E-state index contributed by atoms with van der Waals surface area (Å²) in [5.74, 6) is -3.52. The standard InChI is InChI=1S/C28H31F3O/c1-11-16-32-25(10)28(31)27(30)24(9)21(6)15-14-19(4)22(7)17-26(29)23(8)20(5)13-12-18(2)3/h12-15,17H,2,4-11,16H2,1,3H3/b13-12-,15-14-,26-17+,28-27-. The van der Waals surface area contributed by atoms with Crippen LogP contribution in [0.2, 0.25) is 0 Å². The molecular weight excluding hydrogens is 409 g/mol. The first-order valence-corrected chi connectivity index (χ1v) is 9.74. The highest BCUT2D eigenvalue weighted by Crippen LogP contribution is 2.28. The van der Waals surface area contributed by atoms with E-state index in [1.165, 1.54) is 12.2 Å². The normalized spacial score (nSPS) is 12.3. The molecule has 0 unspecified atom stereocenters. The van der Waals surface area contributed by atoms with Gasteiger partial charge in [-0.15, -0.1) is 0 Å². The predicted molar refractivity (Wildman–Crippen MR) is 132 cm³/mol. The Hall–Kier alpha value is -3.53. The SMILES string of the molecule is C=C(C)/C=C\C(=C)C(=C)/C(F)=C\C(=C)C(=C)/C=C\C(=C)C(=C)/C(F)=C(/F)C(=C)OCCC. The van der Waals surface area contributed by atoms with Crippen LogP contribution in [0.4, 0.5) is 13.2 Å². The topological polar surface area (TPSA) is 9.23 Å². The summed E-state index contributed by atoms with van der Waals surface area (Å²) < 4.78 is 47.8. The highest BCUT2D eigenvalue weighted by atomic mass is 19.2. The fraction of sp³-hybridized carbons (Fsp3) is 0.143. The van der Waals surface area contributed by atoms with Gasteiger partial charge in [0.2, 0.25) is 5.83 Å². The average Bonchev–Trinajstić information content (AvgIpc) is 2.76. The van der Waals surface area contributed by atoms with E-state index in [0.29, 0.717) is 17.6 Å². The van der Waals surface area contributed by atoms with Crippen molar-refractivity contribution in [2.75, 3.05) is 6.61 Å². The van der Waals surface area contributed by atoms with Crippen LogP contribution in [-0.2, 0) is 4.74 Å². The molecule has 1 nitrogen and oxygen atoms in total. The Balaban J connectivity index is 5.25. The van der Waals surface area contributed by atoms with E-state index >= 15 is 0 Å². The molecular formula is C28H31F3O. The lowest BCUT2D eigenvalue weighted by Crippen LogP contribution is -1.97. The molecule has 0 aliphatic rings. The maximum atomic E-state index is 14.4. The highest BCUT2D eigenvalue weighted by Gasteiger charge is 2.15. The van der Waals surface area contributed by atoms with Crippen LogP contribution in [0.25, 0.3) is 0 Å². The minimum Gasteiger partial charge on any atom is -0.491 e. The van der Waals surface area contributed by atoms with Gasteiger partial charge in [0.05, 0.1) is 6.61 Å². The molecule has 0 radical (unpaired) electrons. The molecule has 0 atom stereocenters. The van der Waals surface area contributed by atoms with E-state index in [2.05, 4.69) is 52.6 Å². The Kier molecular flexibility index (Phi) is 12.2. The summed E-state index contributed by atoms with van der Waals surface area (Å²) in [7, 11) is 0. The molecule has 0 bridgehead atoms. The van der Waals surface area contributed by atoms with E-state index in [9.17, 15) is 13.2 Å². The zero-order chi connectivity index (χ0) is 25.0. The van der Waals surface area contributed by atoms with Crippen molar-refractivity contribution in [1.29, 1.82) is 0 Å². The number of hydrogen-bond donors (Lipinski definition) is 0. The summed E-state index contributed by atoms with van der Waals surface area (Å²) in [4.78, 5) is 0. The average molecular weight is 441 g/mol. The summed E-state index contributed by atoms with van der Waals surface area (Å²) in [5, 5.41) is 0. The Labute approximate surface area is 190 Å². The Morgan fingerprint density at radius 1 is 0.688 bits per heavy atom. The van der Waals surface area contributed by atoms with Crippen molar-refractivity contribution < 1.29 is 17.9 Å². The lowest BCUT2D eigenvalue weighted by atomic mass is 10.0. The van der Waals surface area contributed by atoms with Crippen molar-refractivity contribution in [3.8, 4) is 0 Å². The summed E-state index contributed by atoms with van der Waals surface area (Å²) in [6.07, 6.45) is 7.88. The van der Waals surface area contributed by atoms with Crippen molar-refractivity contribution in [3.05, 3.63) is 145 Å². The third-order valence-electron chi connectivity index (χ3n) is 4.01. The number of allylic oxidation sites excluding steroid dienone is 15. The van der Waals surface area contributed by atoms with E-state index in [1.807, 2.05) is 6.92 Å². The minimum atomic E-state index is -1.24. The first kappa shape index (κ1) is 28.5. The molecule has 0 heterocycles. The Morgan fingerprint density at radius 3 is 1.72 bits per heavy atom. The molecule has 0 saturated carbocycles. The maximum Gasteiger partial charge on any atom is 0.200 e. The van der Waals surface area contributed by atoms with Crippen LogP contribution in [0, 0.1) is 0 Å². The second kappa shape index (κ2) is 13.7. The summed E-state index contributed by atoms with van der Waals surface area (Å²) >= 11 is 0. The van der Waals surface area contributed by atoms with Gasteiger partial charge in [0.1, 0.15) is 5.83 Å². The van der Waals surface area contributed by atoms with Gasteiger partial charge in [-0.3, -0.25) is 0 Å². The smallest absolute Gasteiger partial charge is 0.200 e. The number of ether oxygens (including phenoxy) is 1. The molecule has 170 valence electrons. The van der Waals surface area contributed by atoms with E-state index in [0.717, 1.165) is 11.6 Å². The fourth-order valence-corrected chi connectivity index (χ4v) is 1.92. The Bertz CT molecular complexity index is 978. The molecule has 0 aromatic rings. The van der Waals surface area contributed by atoms with Crippen LogP contribution in [0.3, 0.4) is 0 Å². The Morgan fingerprint density at radius 2 is 1.19 bits per heavy atom. The predicted octanol–water partition coefficient (Wildman–Crippen LogP) is 8.96. The first-order valence-electron chi connectivity index (χ1n) is 9.74. The summed E-state index contributed by atoms with van der Waals surface area (Å²) in [5.41, 5.74) is 1.64. The van der Waals surface area contributed by atoms with Crippen LogP contribution < -0.4 is 0 Å². The second-order valence-corrected chi connectivity index (χ2v) is 6.96. The highest BCUT2D eigenvalue weighted by molar-refractivity contribution is 5.54. The van der Waals surface area contributed by atoms with Gasteiger partial charge in [0, 0.05) is 11.1 Å². The molecule has 0 fully saturated rings. The summed E-state index contributed by atoms with van der Waals surface area (Å²) in [6.45, 7) is 33.0. The van der Waals surface area contributed by atoms with Crippen LogP contribution in [0.5, 0.6) is 0 Å². The molecule has 0 rings (SSSR count). The third kappa shape index (κ3) is 9.52. The van der Waals surface area contributed by atoms with E-state index in [4.69, 9.17) is 4.74 Å². The van der Waals surface area contributed by atoms with Crippen molar-refractivity contribution in [1.82, 2.24) is 0 Å². The fourth-order valence-electron chi connectivity index (χ4n) is 1.92. The van der Waals surface area contributed by atoms with Crippen LogP contribution in [-0.4, -0.2) is 6.61 Å². The van der Waals surface area contributed by atoms with Crippen molar-refractivity contribution in [2.45, 2.75) is 20.3 Å². The van der Waals surface area contributed by atoms with Gasteiger partial charge >= 0.3 is 0 Å². The van der Waals surface area contributed by atoms with Gasteiger partial charge in [-0.1, -0.05) is 89.4 Å². The van der Waals surface area contributed by atoms with Crippen molar-refractivity contribution in [2.24, 2.45) is 0 Å². The minimum absolute atomic E-state index is 0.0852. The number of rotatable bonds is 14. The van der Waals surface area contributed by atoms with E-state index in [-0.39, 0.29) is 28.9 Å². The molecule has 0 N–H and O–H groups in total. The molecule has 4 heteroatoms. The van der Waals surface area contributed by atoms with Gasteiger partial charge in [-0.05, 0) is 41.7 Å². The van der Waals surface area contributed by atoms with Gasteiger partial charge in [0.15, 0.2) is 11.6 Å².